The number of ether oxygens (including phenoxy) is 2. The molecule has 0 radical (unpaired) electrons. The first-order valence-corrected chi connectivity index (χ1v) is 15.5. The fourth-order valence-corrected chi connectivity index (χ4v) is 4.86. The lowest BCUT2D eigenvalue weighted by molar-refractivity contribution is 0.297. The first-order chi connectivity index (χ1) is 18.0. The average Bonchev–Trinajstić information content (AvgIpc) is 2.90. The number of hydrogen-bond donors (Lipinski definition) is 1. The van der Waals surface area contributed by atoms with E-state index in [9.17, 15) is 0 Å². The van der Waals surface area contributed by atoms with Gasteiger partial charge in [-0.1, -0.05) is 20.8 Å². The van der Waals surface area contributed by atoms with Crippen LogP contribution in [-0.4, -0.2) is 50.6 Å². The maximum absolute atomic E-state index is 6.54. The molecular formula is C29H37N5O3Si. The normalized spacial score (nSPS) is 12.0. The van der Waals surface area contributed by atoms with Crippen molar-refractivity contribution in [3.8, 4) is 22.8 Å². The predicted molar refractivity (Wildman–Crippen MR) is 157 cm³/mol. The Bertz CT molecular complexity index is 1380. The van der Waals surface area contributed by atoms with Crippen molar-refractivity contribution in [2.75, 3.05) is 38.0 Å². The number of nitrogens with two attached hydrogens (primary N) is 1. The third-order valence-corrected chi connectivity index (χ3v) is 11.7. The number of nitrogen functional groups attached to an aromatic ring is 1. The van der Waals surface area contributed by atoms with Gasteiger partial charge < -0.3 is 24.5 Å². The number of nitrogens with zero attached hydrogens (tertiary/aromatic N) is 4. The van der Waals surface area contributed by atoms with Crippen LogP contribution in [0.2, 0.25) is 18.1 Å². The first-order valence-electron chi connectivity index (χ1n) is 12.6. The second-order valence-electron chi connectivity index (χ2n) is 10.7. The third kappa shape index (κ3) is 6.06. The molecule has 2 N–H and O–H groups in total. The molecule has 2 heterocycles. The first kappa shape index (κ1) is 27.3. The summed E-state index contributed by atoms with van der Waals surface area (Å²) in [4.78, 5) is 15.9. The van der Waals surface area contributed by atoms with Crippen LogP contribution in [0.4, 0.5) is 17.2 Å². The van der Waals surface area contributed by atoms with Gasteiger partial charge >= 0.3 is 0 Å². The molecule has 4 rings (SSSR count). The predicted octanol–water partition coefficient (Wildman–Crippen LogP) is 6.45. The van der Waals surface area contributed by atoms with Gasteiger partial charge in [-0.15, -0.1) is 0 Å². The van der Waals surface area contributed by atoms with E-state index >= 15 is 0 Å². The largest absolute Gasteiger partial charge is 0.497 e. The molecule has 2 aromatic heterocycles. The summed E-state index contributed by atoms with van der Waals surface area (Å²) in [5.74, 6) is 1.90. The maximum atomic E-state index is 6.54. The quantitative estimate of drug-likeness (QED) is 0.246. The summed E-state index contributed by atoms with van der Waals surface area (Å²) < 4.78 is 17.7. The van der Waals surface area contributed by atoms with Gasteiger partial charge in [0.2, 0.25) is 0 Å². The Kier molecular flexibility index (Phi) is 7.89. The van der Waals surface area contributed by atoms with Crippen LogP contribution < -0.4 is 20.1 Å². The molecule has 0 bridgehead atoms. The van der Waals surface area contributed by atoms with E-state index in [4.69, 9.17) is 24.6 Å². The molecular weight excluding hydrogens is 494 g/mol. The van der Waals surface area contributed by atoms with Crippen LogP contribution in [0.3, 0.4) is 0 Å². The summed E-state index contributed by atoms with van der Waals surface area (Å²) in [6, 6.07) is 15.6. The van der Waals surface area contributed by atoms with Crippen LogP contribution in [0, 0.1) is 0 Å². The lowest BCUT2D eigenvalue weighted by Crippen LogP contribution is -2.42. The maximum Gasteiger partial charge on any atom is 0.192 e. The van der Waals surface area contributed by atoms with Crippen LogP contribution in [0.5, 0.6) is 11.5 Å². The number of aromatic nitrogens is 3. The van der Waals surface area contributed by atoms with Gasteiger partial charge in [-0.25, -0.2) is 9.97 Å². The molecule has 2 aromatic carbocycles. The second kappa shape index (κ2) is 11.0. The summed E-state index contributed by atoms with van der Waals surface area (Å²) in [6.45, 7) is 12.5. The molecule has 200 valence electrons. The molecule has 0 unspecified atom stereocenters. The Hall–Kier alpha value is -3.69. The molecule has 8 nitrogen and oxygen atoms in total. The summed E-state index contributed by atoms with van der Waals surface area (Å²) >= 11 is 0. The highest BCUT2D eigenvalue weighted by Crippen LogP contribution is 2.37. The van der Waals surface area contributed by atoms with Crippen LogP contribution in [-0.2, 0) is 4.43 Å². The lowest BCUT2D eigenvalue weighted by Gasteiger charge is -2.37. The monoisotopic (exact) mass is 531 g/mol. The van der Waals surface area contributed by atoms with E-state index in [1.807, 2.05) is 30.3 Å². The van der Waals surface area contributed by atoms with Crippen molar-refractivity contribution in [2.45, 2.75) is 38.9 Å². The molecule has 0 aliphatic heterocycles. The van der Waals surface area contributed by atoms with Crippen LogP contribution in [0.1, 0.15) is 20.8 Å². The summed E-state index contributed by atoms with van der Waals surface area (Å²) in [6.07, 6.45) is 3.47. The van der Waals surface area contributed by atoms with Gasteiger partial charge in [0.15, 0.2) is 8.32 Å². The SMILES string of the molecule is COc1cc(OC)cc(N(CCO[Si](C)(C)C(C)(C)C)c2ccc3ncc(-c4ccc(N)nc4)nc3c2)c1. The number of hydrogen-bond acceptors (Lipinski definition) is 8. The van der Waals surface area contributed by atoms with Gasteiger partial charge in [0.05, 0.1) is 43.8 Å². The number of anilines is 3. The molecule has 0 saturated heterocycles. The Morgan fingerprint density at radius 1 is 0.842 bits per heavy atom. The van der Waals surface area contributed by atoms with E-state index in [2.05, 4.69) is 60.9 Å². The van der Waals surface area contributed by atoms with Crippen molar-refractivity contribution in [3.63, 3.8) is 0 Å². The minimum absolute atomic E-state index is 0.128. The third-order valence-electron chi connectivity index (χ3n) is 7.15. The van der Waals surface area contributed by atoms with Crippen molar-refractivity contribution in [3.05, 3.63) is 60.9 Å². The van der Waals surface area contributed by atoms with Gasteiger partial charge in [0, 0.05) is 47.9 Å². The van der Waals surface area contributed by atoms with Gasteiger partial charge in [-0.3, -0.25) is 4.98 Å². The molecule has 9 heteroatoms. The van der Waals surface area contributed by atoms with Crippen molar-refractivity contribution >= 4 is 36.5 Å². The van der Waals surface area contributed by atoms with E-state index in [0.717, 1.165) is 33.7 Å². The van der Waals surface area contributed by atoms with Crippen LogP contribution in [0.25, 0.3) is 22.3 Å². The van der Waals surface area contributed by atoms with Crippen molar-refractivity contribution in [1.82, 2.24) is 15.0 Å². The highest BCUT2D eigenvalue weighted by Gasteiger charge is 2.37. The number of pyridine rings is 1. The number of rotatable bonds is 9. The second-order valence-corrected chi connectivity index (χ2v) is 15.5. The van der Waals surface area contributed by atoms with Crippen molar-refractivity contribution < 1.29 is 13.9 Å². The Labute approximate surface area is 225 Å². The molecule has 0 fully saturated rings. The molecule has 4 aromatic rings. The van der Waals surface area contributed by atoms with Crippen molar-refractivity contribution in [1.29, 1.82) is 0 Å². The van der Waals surface area contributed by atoms with E-state index in [0.29, 0.717) is 30.5 Å². The molecule has 0 aliphatic carbocycles. The zero-order valence-corrected chi connectivity index (χ0v) is 24.3. The Balaban J connectivity index is 1.74. The van der Waals surface area contributed by atoms with E-state index in [-0.39, 0.29) is 5.04 Å². The number of fused-ring (bicyclic) bond motifs is 1. The lowest BCUT2D eigenvalue weighted by atomic mass is 10.1. The van der Waals surface area contributed by atoms with Gasteiger partial charge in [0.25, 0.3) is 0 Å². The van der Waals surface area contributed by atoms with Crippen molar-refractivity contribution in [2.24, 2.45) is 0 Å². The molecule has 0 spiro atoms. The highest BCUT2D eigenvalue weighted by molar-refractivity contribution is 6.74. The smallest absolute Gasteiger partial charge is 0.192 e. The standard InChI is InChI=1S/C29H37N5O3Si/c1-29(2,3)38(6,7)37-13-12-34(22-14-23(35-4)17-24(15-22)36-5)21-9-10-25-26(16-21)33-27(19-31-25)20-8-11-28(30)32-18-20/h8-11,14-19H,12-13H2,1-7H3,(H2,30,32). The van der Waals surface area contributed by atoms with E-state index in [1.54, 1.807) is 32.7 Å². The van der Waals surface area contributed by atoms with Crippen LogP contribution in [0.15, 0.2) is 60.9 Å². The summed E-state index contributed by atoms with van der Waals surface area (Å²) in [5.41, 5.74) is 10.8. The minimum atomic E-state index is -1.92. The van der Waals surface area contributed by atoms with Gasteiger partial charge in [-0.2, -0.15) is 0 Å². The highest BCUT2D eigenvalue weighted by atomic mass is 28.4. The molecule has 38 heavy (non-hydrogen) atoms. The summed E-state index contributed by atoms with van der Waals surface area (Å²) in [5, 5.41) is 0.128. The fraction of sp³-hybridized carbons (Fsp3) is 0.345. The average molecular weight is 532 g/mol. The molecule has 0 aliphatic rings. The number of benzene rings is 2. The number of methoxy groups -OCH3 is 2. The van der Waals surface area contributed by atoms with E-state index in [1.165, 1.54) is 0 Å². The molecule has 0 amide bonds. The van der Waals surface area contributed by atoms with Crippen LogP contribution >= 0.6 is 0 Å². The topological polar surface area (TPSA) is 95.6 Å². The summed E-state index contributed by atoms with van der Waals surface area (Å²) in [7, 11) is 1.40. The van der Waals surface area contributed by atoms with E-state index < -0.39 is 8.32 Å². The molecule has 0 atom stereocenters. The zero-order chi connectivity index (χ0) is 27.5. The molecule has 0 saturated carbocycles. The minimum Gasteiger partial charge on any atom is -0.497 e. The Morgan fingerprint density at radius 3 is 2.16 bits per heavy atom. The Morgan fingerprint density at radius 2 is 1.55 bits per heavy atom. The van der Waals surface area contributed by atoms with Gasteiger partial charge in [0.1, 0.15) is 17.3 Å². The van der Waals surface area contributed by atoms with Gasteiger partial charge in [-0.05, 0) is 48.5 Å². The zero-order valence-electron chi connectivity index (χ0n) is 23.3. The fourth-order valence-electron chi connectivity index (χ4n) is 3.83.